The molecule has 1 N–H and O–H groups in total. The number of hydrogen-bond acceptors (Lipinski definition) is 2. The molecule has 0 aromatic heterocycles. The number of ether oxygens (including phenoxy) is 1. The third-order valence-electron chi connectivity index (χ3n) is 3.28. The minimum Gasteiger partial charge on any atom is -0.457 e. The maximum atomic E-state index is 5.90. The Morgan fingerprint density at radius 1 is 1.00 bits per heavy atom. The lowest BCUT2D eigenvalue weighted by atomic mass is 10.1. The normalized spacial score (nSPS) is 10.6. The van der Waals surface area contributed by atoms with E-state index in [1.54, 1.807) is 0 Å². The summed E-state index contributed by atoms with van der Waals surface area (Å²) >= 11 is 0. The highest BCUT2D eigenvalue weighted by Crippen LogP contribution is 2.24. The topological polar surface area (TPSA) is 21.3 Å². The van der Waals surface area contributed by atoms with Gasteiger partial charge in [0.1, 0.15) is 11.5 Å². The van der Waals surface area contributed by atoms with Crippen LogP contribution in [0.25, 0.3) is 0 Å². The van der Waals surface area contributed by atoms with Gasteiger partial charge in [-0.2, -0.15) is 0 Å². The number of benzene rings is 2. The standard InChI is InChI=1S/C18H23NO/c1-4-10-19-13-16-8-9-18(12-15(16)3)20-17-7-5-6-14(2)11-17/h5-9,11-12,19H,4,10,13H2,1-3H3. The Morgan fingerprint density at radius 3 is 2.50 bits per heavy atom. The average molecular weight is 269 g/mol. The molecule has 0 heterocycles. The number of nitrogens with one attached hydrogen (secondary N) is 1. The van der Waals surface area contributed by atoms with Crippen molar-refractivity contribution < 1.29 is 4.74 Å². The molecule has 0 atom stereocenters. The Morgan fingerprint density at radius 2 is 1.80 bits per heavy atom. The highest BCUT2D eigenvalue weighted by atomic mass is 16.5. The lowest BCUT2D eigenvalue weighted by Gasteiger charge is -2.11. The van der Waals surface area contributed by atoms with Gasteiger partial charge in [-0.25, -0.2) is 0 Å². The van der Waals surface area contributed by atoms with E-state index in [-0.39, 0.29) is 0 Å². The fourth-order valence-corrected chi connectivity index (χ4v) is 2.14. The van der Waals surface area contributed by atoms with Gasteiger partial charge in [-0.05, 0) is 67.8 Å². The molecule has 0 aliphatic carbocycles. The van der Waals surface area contributed by atoms with Gasteiger partial charge in [0.2, 0.25) is 0 Å². The molecule has 0 fully saturated rings. The van der Waals surface area contributed by atoms with Gasteiger partial charge in [0.05, 0.1) is 0 Å². The van der Waals surface area contributed by atoms with Crippen LogP contribution in [0.1, 0.15) is 30.0 Å². The summed E-state index contributed by atoms with van der Waals surface area (Å²) in [6.07, 6.45) is 1.16. The zero-order valence-electron chi connectivity index (χ0n) is 12.6. The fraction of sp³-hybridized carbons (Fsp3) is 0.333. The van der Waals surface area contributed by atoms with Crippen LogP contribution >= 0.6 is 0 Å². The lowest BCUT2D eigenvalue weighted by molar-refractivity contribution is 0.481. The molecule has 0 spiro atoms. The van der Waals surface area contributed by atoms with E-state index in [1.807, 2.05) is 24.3 Å². The van der Waals surface area contributed by atoms with E-state index in [2.05, 4.69) is 44.3 Å². The van der Waals surface area contributed by atoms with Crippen LogP contribution in [0.5, 0.6) is 11.5 Å². The van der Waals surface area contributed by atoms with Gasteiger partial charge >= 0.3 is 0 Å². The predicted molar refractivity (Wildman–Crippen MR) is 84.4 cm³/mol. The molecule has 0 saturated heterocycles. The third kappa shape index (κ3) is 4.10. The molecule has 0 unspecified atom stereocenters. The molecule has 0 bridgehead atoms. The third-order valence-corrected chi connectivity index (χ3v) is 3.28. The molecule has 2 nitrogen and oxygen atoms in total. The Bertz CT molecular complexity index is 563. The lowest BCUT2D eigenvalue weighted by Crippen LogP contribution is -2.14. The molecule has 0 amide bonds. The van der Waals surface area contributed by atoms with Gasteiger partial charge in [0, 0.05) is 6.54 Å². The SMILES string of the molecule is CCCNCc1ccc(Oc2cccc(C)c2)cc1C. The van der Waals surface area contributed by atoms with Gasteiger partial charge in [-0.1, -0.05) is 25.1 Å². The highest BCUT2D eigenvalue weighted by molar-refractivity contribution is 5.38. The Kier molecular flexibility index (Phi) is 5.19. The maximum Gasteiger partial charge on any atom is 0.127 e. The molecule has 2 aromatic rings. The largest absolute Gasteiger partial charge is 0.457 e. The van der Waals surface area contributed by atoms with E-state index in [4.69, 9.17) is 4.74 Å². The minimum absolute atomic E-state index is 0.890. The molecule has 0 radical (unpaired) electrons. The summed E-state index contributed by atoms with van der Waals surface area (Å²) in [6, 6.07) is 14.4. The van der Waals surface area contributed by atoms with Crippen LogP contribution in [-0.4, -0.2) is 6.54 Å². The molecule has 0 saturated carbocycles. The highest BCUT2D eigenvalue weighted by Gasteiger charge is 2.02. The quantitative estimate of drug-likeness (QED) is 0.774. The second-order valence-corrected chi connectivity index (χ2v) is 5.18. The number of aryl methyl sites for hydroxylation is 2. The zero-order chi connectivity index (χ0) is 14.4. The van der Waals surface area contributed by atoms with Crippen molar-refractivity contribution in [3.63, 3.8) is 0 Å². The monoisotopic (exact) mass is 269 g/mol. The van der Waals surface area contributed by atoms with Gasteiger partial charge in [-0.15, -0.1) is 0 Å². The molecule has 2 heteroatoms. The number of rotatable bonds is 6. The van der Waals surface area contributed by atoms with Crippen molar-refractivity contribution in [2.75, 3.05) is 6.54 Å². The Balaban J connectivity index is 2.05. The van der Waals surface area contributed by atoms with Crippen LogP contribution in [0.4, 0.5) is 0 Å². The van der Waals surface area contributed by atoms with Crippen LogP contribution in [0.2, 0.25) is 0 Å². The molecule has 20 heavy (non-hydrogen) atoms. The smallest absolute Gasteiger partial charge is 0.127 e. The summed E-state index contributed by atoms with van der Waals surface area (Å²) in [5.41, 5.74) is 3.80. The molecule has 0 aliphatic heterocycles. The number of hydrogen-bond donors (Lipinski definition) is 1. The van der Waals surface area contributed by atoms with Gasteiger partial charge in [0.15, 0.2) is 0 Å². The maximum absolute atomic E-state index is 5.90. The summed E-state index contributed by atoms with van der Waals surface area (Å²) in [6.45, 7) is 8.36. The van der Waals surface area contributed by atoms with Crippen molar-refractivity contribution in [3.05, 3.63) is 59.2 Å². The van der Waals surface area contributed by atoms with E-state index in [0.29, 0.717) is 0 Å². The summed E-state index contributed by atoms with van der Waals surface area (Å²) < 4.78 is 5.90. The summed E-state index contributed by atoms with van der Waals surface area (Å²) in [4.78, 5) is 0. The summed E-state index contributed by atoms with van der Waals surface area (Å²) in [5, 5.41) is 3.43. The van der Waals surface area contributed by atoms with Crippen LogP contribution < -0.4 is 10.1 Å². The van der Waals surface area contributed by atoms with Crippen LogP contribution in [-0.2, 0) is 6.54 Å². The average Bonchev–Trinajstić information content (AvgIpc) is 2.41. The van der Waals surface area contributed by atoms with Crippen LogP contribution in [0.3, 0.4) is 0 Å². The second kappa shape index (κ2) is 7.11. The van der Waals surface area contributed by atoms with Crippen molar-refractivity contribution in [2.24, 2.45) is 0 Å². The van der Waals surface area contributed by atoms with Crippen molar-refractivity contribution in [3.8, 4) is 11.5 Å². The minimum atomic E-state index is 0.890. The fourth-order valence-electron chi connectivity index (χ4n) is 2.14. The first-order chi connectivity index (χ1) is 9.69. The first-order valence-electron chi connectivity index (χ1n) is 7.24. The van der Waals surface area contributed by atoms with Gasteiger partial charge in [-0.3, -0.25) is 0 Å². The summed E-state index contributed by atoms with van der Waals surface area (Å²) in [7, 11) is 0. The first-order valence-corrected chi connectivity index (χ1v) is 7.24. The van der Waals surface area contributed by atoms with Crippen LogP contribution in [0, 0.1) is 13.8 Å². The molecule has 106 valence electrons. The first kappa shape index (κ1) is 14.6. The molecular weight excluding hydrogens is 246 g/mol. The molecular formula is C18H23NO. The van der Waals surface area contributed by atoms with E-state index >= 15 is 0 Å². The predicted octanol–water partition coefficient (Wildman–Crippen LogP) is 4.60. The van der Waals surface area contributed by atoms with E-state index in [1.165, 1.54) is 16.7 Å². The second-order valence-electron chi connectivity index (χ2n) is 5.18. The van der Waals surface area contributed by atoms with Gasteiger partial charge in [0.25, 0.3) is 0 Å². The van der Waals surface area contributed by atoms with E-state index < -0.39 is 0 Å². The molecule has 2 aromatic carbocycles. The Labute approximate surface area is 121 Å². The molecule has 0 aliphatic rings. The van der Waals surface area contributed by atoms with Crippen molar-refractivity contribution in [1.29, 1.82) is 0 Å². The summed E-state index contributed by atoms with van der Waals surface area (Å²) in [5.74, 6) is 1.79. The Hall–Kier alpha value is -1.80. The van der Waals surface area contributed by atoms with Crippen molar-refractivity contribution in [1.82, 2.24) is 5.32 Å². The van der Waals surface area contributed by atoms with Crippen molar-refractivity contribution in [2.45, 2.75) is 33.7 Å². The van der Waals surface area contributed by atoms with E-state index in [0.717, 1.165) is 31.0 Å². The van der Waals surface area contributed by atoms with Crippen molar-refractivity contribution >= 4 is 0 Å². The van der Waals surface area contributed by atoms with E-state index in [9.17, 15) is 0 Å². The molecule has 2 rings (SSSR count). The van der Waals surface area contributed by atoms with Crippen LogP contribution in [0.15, 0.2) is 42.5 Å². The van der Waals surface area contributed by atoms with Gasteiger partial charge < -0.3 is 10.1 Å². The zero-order valence-corrected chi connectivity index (χ0v) is 12.6.